The van der Waals surface area contributed by atoms with Crippen molar-refractivity contribution in [1.82, 2.24) is 4.89 Å². The lowest BCUT2D eigenvalue weighted by Crippen LogP contribution is -2.33. The molecule has 3 N–H and O–H groups in total. The number of nitrogens with one attached hydrogen (secondary N) is 1. The molecule has 0 fully saturated rings. The van der Waals surface area contributed by atoms with Crippen molar-refractivity contribution >= 4 is 15.9 Å². The van der Waals surface area contributed by atoms with Crippen LogP contribution in [0.2, 0.25) is 0 Å². The van der Waals surface area contributed by atoms with Crippen LogP contribution in [0, 0.1) is 0 Å². The predicted molar refractivity (Wildman–Crippen MR) is 33.2 cm³/mol. The monoisotopic (exact) mass is 204 g/mol. The Morgan fingerprint density at radius 2 is 2.08 bits per heavy atom. The quantitative estimate of drug-likeness (QED) is 0.535. The summed E-state index contributed by atoms with van der Waals surface area (Å²) in [5.41, 5.74) is 4.51. The highest BCUT2D eigenvalue weighted by Gasteiger charge is 2.23. The van der Waals surface area contributed by atoms with Gasteiger partial charge in [0.25, 0.3) is 10.0 Å². The largest absolute Gasteiger partial charge is 0.368 e. The summed E-state index contributed by atoms with van der Waals surface area (Å²) in [6.45, 7) is -0.800. The molecule has 0 saturated carbocycles. The van der Waals surface area contributed by atoms with Gasteiger partial charge in [-0.3, -0.25) is 9.63 Å². The number of hydrogen-bond acceptors (Lipinski definition) is 4. The van der Waals surface area contributed by atoms with E-state index in [-0.39, 0.29) is 0 Å². The molecule has 1 amide bonds. The first-order valence-corrected chi connectivity index (χ1v) is 4.10. The number of carbonyl (C=O) groups excluding carboxylic acids is 1. The average molecular weight is 204 g/mol. The Morgan fingerprint density at radius 1 is 1.58 bits per heavy atom. The van der Waals surface area contributed by atoms with E-state index in [1.54, 1.807) is 0 Å². The predicted octanol–water partition coefficient (Wildman–Crippen LogP) is -1.45. The molecule has 12 heavy (non-hydrogen) atoms. The average Bonchev–Trinajstić information content (AvgIpc) is 1.85. The molecule has 0 rings (SSSR count). The fraction of sp³-hybridized carbons (Fsp3) is 0.667. The highest BCUT2D eigenvalue weighted by atomic mass is 32.2. The Hall–Kier alpha value is -0.800. The lowest BCUT2D eigenvalue weighted by molar-refractivity contribution is -0.123. The molecule has 0 aromatic carbocycles. The van der Waals surface area contributed by atoms with E-state index in [2.05, 4.69) is 10.6 Å². The van der Waals surface area contributed by atoms with Gasteiger partial charge in [-0.2, -0.15) is 8.78 Å². The summed E-state index contributed by atoms with van der Waals surface area (Å²) in [6.07, 6.45) is 0. The van der Waals surface area contributed by atoms with E-state index in [0.29, 0.717) is 0 Å². The second-order valence-electron chi connectivity index (χ2n) is 1.64. The number of alkyl halides is 2. The second-order valence-corrected chi connectivity index (χ2v) is 3.26. The Morgan fingerprint density at radius 3 is 2.42 bits per heavy atom. The van der Waals surface area contributed by atoms with Crippen LogP contribution >= 0.6 is 0 Å². The number of amides is 1. The third-order valence-electron chi connectivity index (χ3n) is 0.624. The van der Waals surface area contributed by atoms with Crippen LogP contribution in [0.1, 0.15) is 0 Å². The van der Waals surface area contributed by atoms with Crippen LogP contribution in [0.15, 0.2) is 0 Å². The van der Waals surface area contributed by atoms with Crippen LogP contribution in [0.3, 0.4) is 0 Å². The lowest BCUT2D eigenvalue weighted by Gasteiger charge is -2.03. The number of carbonyl (C=O) groups is 1. The van der Waals surface area contributed by atoms with E-state index in [4.69, 9.17) is 0 Å². The van der Waals surface area contributed by atoms with Crippen molar-refractivity contribution in [2.75, 3.05) is 6.61 Å². The number of sulfonamides is 1. The van der Waals surface area contributed by atoms with Gasteiger partial charge in [0, 0.05) is 0 Å². The number of rotatable bonds is 5. The van der Waals surface area contributed by atoms with Gasteiger partial charge < -0.3 is 5.73 Å². The number of nitrogens with two attached hydrogens (primary N) is 1. The van der Waals surface area contributed by atoms with E-state index in [0.717, 1.165) is 4.89 Å². The highest BCUT2D eigenvalue weighted by Crippen LogP contribution is 2.00. The molecule has 0 spiro atoms. The van der Waals surface area contributed by atoms with Crippen LogP contribution in [0.25, 0.3) is 0 Å². The molecular weight excluding hydrogens is 198 g/mol. The maximum absolute atomic E-state index is 11.5. The zero-order valence-electron chi connectivity index (χ0n) is 5.66. The molecule has 0 unspecified atom stereocenters. The van der Waals surface area contributed by atoms with Crippen LogP contribution in [0.4, 0.5) is 8.78 Å². The summed E-state index contributed by atoms with van der Waals surface area (Å²) in [4.78, 5) is 14.8. The fourth-order valence-corrected chi connectivity index (χ4v) is 0.515. The molecule has 0 saturated heterocycles. The SMILES string of the molecule is NC(=O)CONS(=O)(=O)C(F)F. The normalized spacial score (nSPS) is 11.9. The van der Waals surface area contributed by atoms with E-state index in [1.807, 2.05) is 0 Å². The van der Waals surface area contributed by atoms with Crippen molar-refractivity contribution in [3.8, 4) is 0 Å². The van der Waals surface area contributed by atoms with Gasteiger partial charge in [-0.15, -0.1) is 0 Å². The summed E-state index contributed by atoms with van der Waals surface area (Å²) in [5.74, 6) is -4.59. The van der Waals surface area contributed by atoms with E-state index in [1.165, 1.54) is 0 Å². The molecule has 9 heteroatoms. The van der Waals surface area contributed by atoms with Gasteiger partial charge in [-0.05, 0) is 0 Å². The Balaban J connectivity index is 3.86. The van der Waals surface area contributed by atoms with Crippen LogP contribution in [0.5, 0.6) is 0 Å². The molecule has 6 nitrogen and oxygen atoms in total. The highest BCUT2D eigenvalue weighted by molar-refractivity contribution is 7.89. The standard InChI is InChI=1S/C3H6F2N2O4S/c4-3(5)12(9,10)7-11-1-2(6)8/h3,7H,1H2,(H2,6,8). The zero-order chi connectivity index (χ0) is 9.78. The molecule has 0 aromatic heterocycles. The van der Waals surface area contributed by atoms with E-state index in [9.17, 15) is 22.0 Å². The Labute approximate surface area is 66.7 Å². The summed E-state index contributed by atoms with van der Waals surface area (Å²) >= 11 is 0. The number of primary amides is 1. The van der Waals surface area contributed by atoms with Gasteiger partial charge in [0.2, 0.25) is 5.91 Å². The van der Waals surface area contributed by atoms with E-state index < -0.39 is 28.3 Å². The van der Waals surface area contributed by atoms with Crippen molar-refractivity contribution in [3.05, 3.63) is 0 Å². The maximum Gasteiger partial charge on any atom is 0.352 e. The smallest absolute Gasteiger partial charge is 0.352 e. The van der Waals surface area contributed by atoms with Gasteiger partial charge in [0.1, 0.15) is 6.61 Å². The molecule has 0 atom stereocenters. The van der Waals surface area contributed by atoms with Crippen molar-refractivity contribution in [2.24, 2.45) is 5.73 Å². The topological polar surface area (TPSA) is 98.5 Å². The fourth-order valence-electron chi connectivity index (χ4n) is 0.219. The van der Waals surface area contributed by atoms with E-state index >= 15 is 0 Å². The minimum atomic E-state index is -4.81. The van der Waals surface area contributed by atoms with Gasteiger partial charge in [-0.1, -0.05) is 4.89 Å². The minimum Gasteiger partial charge on any atom is -0.368 e. The van der Waals surface area contributed by atoms with Crippen LogP contribution in [-0.4, -0.2) is 26.7 Å². The molecule has 0 aliphatic carbocycles. The third-order valence-corrected chi connectivity index (χ3v) is 1.44. The van der Waals surface area contributed by atoms with Gasteiger partial charge in [0.15, 0.2) is 0 Å². The van der Waals surface area contributed by atoms with Crippen molar-refractivity contribution < 1.29 is 26.8 Å². The second kappa shape index (κ2) is 4.28. The van der Waals surface area contributed by atoms with Gasteiger partial charge in [0.05, 0.1) is 0 Å². The van der Waals surface area contributed by atoms with Crippen molar-refractivity contribution in [2.45, 2.75) is 5.76 Å². The number of hydrogen-bond donors (Lipinski definition) is 2. The summed E-state index contributed by atoms with van der Waals surface area (Å²) in [6, 6.07) is 0. The van der Waals surface area contributed by atoms with Gasteiger partial charge in [-0.25, -0.2) is 8.42 Å². The molecule has 0 radical (unpaired) electrons. The molecule has 0 heterocycles. The van der Waals surface area contributed by atoms with Crippen molar-refractivity contribution in [1.29, 1.82) is 0 Å². The Kier molecular flexibility index (Phi) is 4.00. The first-order valence-electron chi connectivity index (χ1n) is 2.55. The molecule has 0 aliphatic heterocycles. The number of halogens is 2. The molecule has 0 aliphatic rings. The molecule has 0 bridgehead atoms. The molecular formula is C3H6F2N2O4S. The summed E-state index contributed by atoms with van der Waals surface area (Å²) in [7, 11) is -4.81. The Bertz CT molecular complexity index is 251. The maximum atomic E-state index is 11.5. The van der Waals surface area contributed by atoms with Crippen LogP contribution < -0.4 is 10.6 Å². The van der Waals surface area contributed by atoms with Crippen LogP contribution in [-0.2, 0) is 19.7 Å². The molecule has 0 aromatic rings. The minimum absolute atomic E-state index is 0.800. The first kappa shape index (κ1) is 11.2. The molecule has 72 valence electrons. The summed E-state index contributed by atoms with van der Waals surface area (Å²) < 4.78 is 43.3. The third kappa shape index (κ3) is 4.16. The summed E-state index contributed by atoms with van der Waals surface area (Å²) in [5, 5.41) is 0. The van der Waals surface area contributed by atoms with Crippen molar-refractivity contribution in [3.63, 3.8) is 0 Å². The van der Waals surface area contributed by atoms with Gasteiger partial charge >= 0.3 is 5.76 Å². The zero-order valence-corrected chi connectivity index (χ0v) is 6.48. The lowest BCUT2D eigenvalue weighted by atomic mass is 10.7. The first-order chi connectivity index (χ1) is 5.36.